The number of amides is 1. The average molecular weight is 265 g/mol. The van der Waals surface area contributed by atoms with Crippen molar-refractivity contribution >= 4 is 11.9 Å². The van der Waals surface area contributed by atoms with E-state index in [4.69, 9.17) is 4.74 Å². The predicted molar refractivity (Wildman–Crippen MR) is 70.5 cm³/mol. The number of aryl methyl sites for hydroxylation is 1. The normalized spacial score (nSPS) is 10.1. The molecule has 0 saturated carbocycles. The summed E-state index contributed by atoms with van der Waals surface area (Å²) in [6.07, 6.45) is 0. The van der Waals surface area contributed by atoms with Crippen LogP contribution >= 0.6 is 0 Å². The summed E-state index contributed by atoms with van der Waals surface area (Å²) in [5, 5.41) is 0. The maximum atomic E-state index is 11.9. The second-order valence-electron chi connectivity index (χ2n) is 4.19. The third-order valence-corrected chi connectivity index (χ3v) is 2.79. The fourth-order valence-corrected chi connectivity index (χ4v) is 1.66. The van der Waals surface area contributed by atoms with Crippen LogP contribution in [0.3, 0.4) is 0 Å². The number of hydrogen-bond donors (Lipinski definition) is 0. The van der Waals surface area contributed by atoms with Gasteiger partial charge in [-0.3, -0.25) is 9.59 Å². The van der Waals surface area contributed by atoms with Crippen molar-refractivity contribution in [3.05, 3.63) is 35.4 Å². The van der Waals surface area contributed by atoms with Crippen LogP contribution in [-0.4, -0.2) is 44.1 Å². The lowest BCUT2D eigenvalue weighted by Gasteiger charge is -2.22. The van der Waals surface area contributed by atoms with Crippen LogP contribution in [0.15, 0.2) is 24.3 Å². The van der Waals surface area contributed by atoms with E-state index >= 15 is 0 Å². The minimum absolute atomic E-state index is 0.0527. The summed E-state index contributed by atoms with van der Waals surface area (Å²) in [4.78, 5) is 24.7. The Morgan fingerprint density at radius 3 is 2.47 bits per heavy atom. The van der Waals surface area contributed by atoms with Crippen LogP contribution in [0.5, 0.6) is 0 Å². The number of benzene rings is 1. The molecule has 19 heavy (non-hydrogen) atoms. The molecule has 0 aliphatic rings. The Kier molecular flexibility index (Phi) is 6.02. The van der Waals surface area contributed by atoms with E-state index in [-0.39, 0.29) is 19.1 Å². The quantitative estimate of drug-likeness (QED) is 0.724. The molecule has 0 unspecified atom stereocenters. The number of rotatable bonds is 6. The Morgan fingerprint density at radius 2 is 1.89 bits per heavy atom. The Bertz CT molecular complexity index is 445. The minimum atomic E-state index is -0.446. The van der Waals surface area contributed by atoms with Crippen molar-refractivity contribution < 1.29 is 19.1 Å². The van der Waals surface area contributed by atoms with Gasteiger partial charge in [0.25, 0.3) is 0 Å². The SMILES string of the molecule is COCC(=O)N(CC(=O)OC)Cc1ccccc1C. The summed E-state index contributed by atoms with van der Waals surface area (Å²) >= 11 is 0. The number of hydrogen-bond acceptors (Lipinski definition) is 4. The molecule has 0 aliphatic carbocycles. The van der Waals surface area contributed by atoms with Gasteiger partial charge < -0.3 is 14.4 Å². The fourth-order valence-electron chi connectivity index (χ4n) is 1.66. The molecular formula is C14H19NO4. The maximum absolute atomic E-state index is 11.9. The third kappa shape index (κ3) is 4.71. The van der Waals surface area contributed by atoms with Gasteiger partial charge in [-0.25, -0.2) is 0 Å². The number of carbonyl (C=O) groups is 2. The van der Waals surface area contributed by atoms with Crippen molar-refractivity contribution in [3.63, 3.8) is 0 Å². The Labute approximate surface area is 113 Å². The van der Waals surface area contributed by atoms with Gasteiger partial charge in [0.05, 0.1) is 7.11 Å². The van der Waals surface area contributed by atoms with E-state index in [9.17, 15) is 9.59 Å². The molecule has 0 fully saturated rings. The number of methoxy groups -OCH3 is 2. The van der Waals surface area contributed by atoms with Crippen LogP contribution < -0.4 is 0 Å². The van der Waals surface area contributed by atoms with E-state index in [1.54, 1.807) is 0 Å². The first-order chi connectivity index (χ1) is 9.08. The molecule has 0 saturated heterocycles. The highest BCUT2D eigenvalue weighted by Gasteiger charge is 2.18. The average Bonchev–Trinajstić information content (AvgIpc) is 2.40. The molecule has 0 aromatic heterocycles. The lowest BCUT2D eigenvalue weighted by atomic mass is 10.1. The Balaban J connectivity index is 2.82. The lowest BCUT2D eigenvalue weighted by Crippen LogP contribution is -2.38. The van der Waals surface area contributed by atoms with Crippen molar-refractivity contribution in [2.45, 2.75) is 13.5 Å². The van der Waals surface area contributed by atoms with Crippen molar-refractivity contribution in [1.82, 2.24) is 4.90 Å². The van der Waals surface area contributed by atoms with E-state index < -0.39 is 5.97 Å². The van der Waals surface area contributed by atoms with E-state index in [0.29, 0.717) is 6.54 Å². The molecule has 1 amide bonds. The van der Waals surface area contributed by atoms with Crippen LogP contribution in [0, 0.1) is 6.92 Å². The standard InChI is InChI=1S/C14H19NO4/c1-11-6-4-5-7-12(11)8-15(9-14(17)19-3)13(16)10-18-2/h4-7H,8-10H2,1-3H3. The molecular weight excluding hydrogens is 246 g/mol. The van der Waals surface area contributed by atoms with Gasteiger partial charge in [-0.2, -0.15) is 0 Å². The van der Waals surface area contributed by atoms with Crippen molar-refractivity contribution in [2.24, 2.45) is 0 Å². The first-order valence-electron chi connectivity index (χ1n) is 5.96. The van der Waals surface area contributed by atoms with Gasteiger partial charge in [0.1, 0.15) is 13.2 Å². The highest BCUT2D eigenvalue weighted by molar-refractivity contribution is 5.82. The summed E-state index contributed by atoms with van der Waals surface area (Å²) in [5.74, 6) is -0.686. The van der Waals surface area contributed by atoms with E-state index in [2.05, 4.69) is 4.74 Å². The molecule has 0 spiro atoms. The van der Waals surface area contributed by atoms with Crippen LogP contribution in [0.1, 0.15) is 11.1 Å². The zero-order valence-corrected chi connectivity index (χ0v) is 11.5. The molecule has 1 aromatic carbocycles. The molecule has 5 heteroatoms. The third-order valence-electron chi connectivity index (χ3n) is 2.79. The Hall–Kier alpha value is -1.88. The summed E-state index contributed by atoms with van der Waals surface area (Å²) < 4.78 is 9.43. The van der Waals surface area contributed by atoms with Crippen molar-refractivity contribution in [3.8, 4) is 0 Å². The first-order valence-corrected chi connectivity index (χ1v) is 5.96. The van der Waals surface area contributed by atoms with Gasteiger partial charge in [-0.15, -0.1) is 0 Å². The number of esters is 1. The van der Waals surface area contributed by atoms with Gasteiger partial charge in [0.15, 0.2) is 0 Å². The van der Waals surface area contributed by atoms with Crippen LogP contribution in [-0.2, 0) is 25.6 Å². The summed E-state index contributed by atoms with van der Waals surface area (Å²) in [7, 11) is 2.75. The molecule has 0 N–H and O–H groups in total. The maximum Gasteiger partial charge on any atom is 0.325 e. The molecule has 104 valence electrons. The van der Waals surface area contributed by atoms with Gasteiger partial charge >= 0.3 is 5.97 Å². The van der Waals surface area contributed by atoms with E-state index in [1.165, 1.54) is 19.1 Å². The highest BCUT2D eigenvalue weighted by atomic mass is 16.5. The molecule has 0 aliphatic heterocycles. The largest absolute Gasteiger partial charge is 0.468 e. The highest BCUT2D eigenvalue weighted by Crippen LogP contribution is 2.10. The topological polar surface area (TPSA) is 55.8 Å². The summed E-state index contributed by atoms with van der Waals surface area (Å²) in [6, 6.07) is 7.73. The van der Waals surface area contributed by atoms with Crippen LogP contribution in [0.2, 0.25) is 0 Å². The zero-order chi connectivity index (χ0) is 14.3. The zero-order valence-electron chi connectivity index (χ0n) is 11.5. The Morgan fingerprint density at radius 1 is 1.21 bits per heavy atom. The fraction of sp³-hybridized carbons (Fsp3) is 0.429. The molecule has 1 rings (SSSR count). The molecule has 1 aromatic rings. The number of carbonyl (C=O) groups excluding carboxylic acids is 2. The lowest BCUT2D eigenvalue weighted by molar-refractivity contribution is -0.148. The van der Waals surface area contributed by atoms with Crippen molar-refractivity contribution in [2.75, 3.05) is 27.4 Å². The van der Waals surface area contributed by atoms with Gasteiger partial charge in [-0.05, 0) is 18.1 Å². The second-order valence-corrected chi connectivity index (χ2v) is 4.19. The predicted octanol–water partition coefficient (Wildman–Crippen LogP) is 1.14. The van der Waals surface area contributed by atoms with E-state index in [0.717, 1.165) is 11.1 Å². The van der Waals surface area contributed by atoms with E-state index in [1.807, 2.05) is 31.2 Å². The molecule has 5 nitrogen and oxygen atoms in total. The molecule has 0 bridgehead atoms. The van der Waals surface area contributed by atoms with Gasteiger partial charge in [0, 0.05) is 13.7 Å². The monoisotopic (exact) mass is 265 g/mol. The number of nitrogens with zero attached hydrogens (tertiary/aromatic N) is 1. The summed E-state index contributed by atoms with van der Waals surface area (Å²) in [5.41, 5.74) is 2.07. The van der Waals surface area contributed by atoms with Crippen LogP contribution in [0.25, 0.3) is 0 Å². The number of ether oxygens (including phenoxy) is 2. The van der Waals surface area contributed by atoms with Gasteiger partial charge in [0.2, 0.25) is 5.91 Å². The summed E-state index contributed by atoms with van der Waals surface area (Å²) in [6.45, 7) is 2.20. The smallest absolute Gasteiger partial charge is 0.325 e. The minimum Gasteiger partial charge on any atom is -0.468 e. The van der Waals surface area contributed by atoms with Crippen LogP contribution in [0.4, 0.5) is 0 Å². The molecule has 0 heterocycles. The van der Waals surface area contributed by atoms with Gasteiger partial charge in [-0.1, -0.05) is 24.3 Å². The molecule has 0 radical (unpaired) electrons. The first kappa shape index (κ1) is 15.2. The second kappa shape index (κ2) is 7.53. The van der Waals surface area contributed by atoms with Crippen molar-refractivity contribution in [1.29, 1.82) is 0 Å². The molecule has 0 atom stereocenters.